The van der Waals surface area contributed by atoms with Crippen molar-refractivity contribution >= 4 is 11.7 Å². The second kappa shape index (κ2) is 8.36. The predicted octanol–water partition coefficient (Wildman–Crippen LogP) is 4.36. The zero-order chi connectivity index (χ0) is 17.5. The van der Waals surface area contributed by atoms with Crippen LogP contribution in [-0.2, 0) is 4.74 Å². The van der Waals surface area contributed by atoms with Crippen LogP contribution in [0.5, 0.6) is 5.75 Å². The number of carbonyl (C=O) groups excluding carboxylic acids is 1. The normalized spacial score (nSPS) is 10.5. The molecule has 0 fully saturated rings. The van der Waals surface area contributed by atoms with Gasteiger partial charge in [-0.3, -0.25) is 10.1 Å². The maximum Gasteiger partial charge on any atom is 0.345 e. The van der Waals surface area contributed by atoms with Crippen LogP contribution in [0.2, 0.25) is 0 Å². The van der Waals surface area contributed by atoms with Gasteiger partial charge >= 0.3 is 5.97 Å². The molecule has 0 aliphatic heterocycles. The summed E-state index contributed by atoms with van der Waals surface area (Å²) < 4.78 is 10.5. The first kappa shape index (κ1) is 19.9. The summed E-state index contributed by atoms with van der Waals surface area (Å²) >= 11 is 0. The molecule has 0 amide bonds. The van der Waals surface area contributed by atoms with E-state index in [2.05, 4.69) is 0 Å². The summed E-state index contributed by atoms with van der Waals surface area (Å²) in [6.45, 7) is 12.7. The van der Waals surface area contributed by atoms with Gasteiger partial charge in [-0.2, -0.15) is 0 Å². The van der Waals surface area contributed by atoms with Crippen LogP contribution >= 0.6 is 0 Å². The Morgan fingerprint density at radius 1 is 1.23 bits per heavy atom. The van der Waals surface area contributed by atoms with Crippen molar-refractivity contribution in [3.63, 3.8) is 0 Å². The van der Waals surface area contributed by atoms with E-state index in [-0.39, 0.29) is 17.4 Å². The van der Waals surface area contributed by atoms with Crippen molar-refractivity contribution in [2.45, 2.75) is 60.2 Å². The van der Waals surface area contributed by atoms with Gasteiger partial charge in [0.2, 0.25) is 0 Å². The van der Waals surface area contributed by atoms with E-state index in [1.165, 1.54) is 18.2 Å². The molecule has 0 N–H and O–H groups in total. The van der Waals surface area contributed by atoms with Gasteiger partial charge in [0.1, 0.15) is 16.9 Å². The smallest absolute Gasteiger partial charge is 0.345 e. The van der Waals surface area contributed by atoms with Gasteiger partial charge in [0, 0.05) is 0 Å². The molecule has 0 spiro atoms. The number of nitro benzene ring substituents is 1. The fourth-order valence-corrected chi connectivity index (χ4v) is 1.51. The van der Waals surface area contributed by atoms with Gasteiger partial charge in [0.25, 0.3) is 5.69 Å². The molecule has 0 aliphatic carbocycles. The summed E-state index contributed by atoms with van der Waals surface area (Å²) in [6.07, 6.45) is -0.109. The Morgan fingerprint density at radius 3 is 2.18 bits per heavy atom. The second-order valence-corrected chi connectivity index (χ2v) is 5.60. The third-order valence-electron chi connectivity index (χ3n) is 2.16. The molecule has 0 bridgehead atoms. The lowest BCUT2D eigenvalue weighted by molar-refractivity contribution is -0.385. The Bertz CT molecular complexity index is 518. The fraction of sp³-hybridized carbons (Fsp3) is 0.562. The Morgan fingerprint density at radius 2 is 1.77 bits per heavy atom. The number of carbonyl (C=O) groups is 1. The molecule has 0 radical (unpaired) electrons. The van der Waals surface area contributed by atoms with Gasteiger partial charge in [0.15, 0.2) is 0 Å². The van der Waals surface area contributed by atoms with Gasteiger partial charge < -0.3 is 9.47 Å². The lowest BCUT2D eigenvalue weighted by Crippen LogP contribution is -2.24. The Kier molecular flexibility index (Phi) is 7.56. The summed E-state index contributed by atoms with van der Waals surface area (Å²) in [6, 6.07) is 4.11. The molecule has 0 heterocycles. The minimum Gasteiger partial charge on any atom is -0.491 e. The maximum atomic E-state index is 12.0. The standard InChI is InChI=1S/C14H19NO5.C2H6/c1-9(2)19-10-6-7-11(12(8-10)15(17)18)13(16)20-14(3,4)5;1-2/h6-9H,1-5H3;1-2H3. The molecule has 0 saturated carbocycles. The van der Waals surface area contributed by atoms with Crippen molar-refractivity contribution in [2.75, 3.05) is 0 Å². The number of hydrogen-bond acceptors (Lipinski definition) is 5. The zero-order valence-electron chi connectivity index (χ0n) is 14.3. The Balaban J connectivity index is 0.00000211. The molecular weight excluding hydrogens is 286 g/mol. The van der Waals surface area contributed by atoms with Crippen LogP contribution in [0.15, 0.2) is 18.2 Å². The van der Waals surface area contributed by atoms with Crippen molar-refractivity contribution in [1.29, 1.82) is 0 Å². The molecule has 6 nitrogen and oxygen atoms in total. The monoisotopic (exact) mass is 311 g/mol. The van der Waals surface area contributed by atoms with Crippen LogP contribution in [0.1, 0.15) is 58.8 Å². The molecule has 1 aromatic rings. The number of rotatable bonds is 4. The highest BCUT2D eigenvalue weighted by Crippen LogP contribution is 2.27. The molecule has 6 heteroatoms. The molecule has 22 heavy (non-hydrogen) atoms. The summed E-state index contributed by atoms with van der Waals surface area (Å²) in [5.41, 5.74) is -1.11. The molecule has 0 aliphatic rings. The van der Waals surface area contributed by atoms with Gasteiger partial charge in [-0.25, -0.2) is 4.79 Å². The molecular formula is C16H25NO5. The van der Waals surface area contributed by atoms with Crippen LogP contribution in [0.3, 0.4) is 0 Å². The third-order valence-corrected chi connectivity index (χ3v) is 2.16. The number of benzene rings is 1. The number of hydrogen-bond donors (Lipinski definition) is 0. The third kappa shape index (κ3) is 6.56. The van der Waals surface area contributed by atoms with E-state index in [9.17, 15) is 14.9 Å². The van der Waals surface area contributed by atoms with E-state index in [1.807, 2.05) is 27.7 Å². The van der Waals surface area contributed by atoms with Crippen LogP contribution in [-0.4, -0.2) is 22.6 Å². The van der Waals surface area contributed by atoms with E-state index >= 15 is 0 Å². The largest absolute Gasteiger partial charge is 0.491 e. The highest BCUT2D eigenvalue weighted by Gasteiger charge is 2.26. The number of nitro groups is 1. The number of ether oxygens (including phenoxy) is 2. The molecule has 0 saturated heterocycles. The van der Waals surface area contributed by atoms with Gasteiger partial charge in [-0.1, -0.05) is 13.8 Å². The first-order valence-corrected chi connectivity index (χ1v) is 7.28. The van der Waals surface area contributed by atoms with Crippen molar-refractivity contribution < 1.29 is 19.2 Å². The predicted molar refractivity (Wildman–Crippen MR) is 85.4 cm³/mol. The second-order valence-electron chi connectivity index (χ2n) is 5.60. The molecule has 1 rings (SSSR count). The van der Waals surface area contributed by atoms with E-state index < -0.39 is 16.5 Å². The lowest BCUT2D eigenvalue weighted by atomic mass is 10.1. The van der Waals surface area contributed by atoms with Crippen molar-refractivity contribution in [3.05, 3.63) is 33.9 Å². The van der Waals surface area contributed by atoms with Crippen LogP contribution in [0, 0.1) is 10.1 Å². The van der Waals surface area contributed by atoms with E-state index in [4.69, 9.17) is 9.47 Å². The minimum atomic E-state index is -0.722. The molecule has 1 aromatic carbocycles. The van der Waals surface area contributed by atoms with Crippen LogP contribution < -0.4 is 4.74 Å². The highest BCUT2D eigenvalue weighted by atomic mass is 16.6. The fourth-order valence-electron chi connectivity index (χ4n) is 1.51. The molecule has 0 unspecified atom stereocenters. The molecule has 0 aromatic heterocycles. The Labute approximate surface area is 131 Å². The lowest BCUT2D eigenvalue weighted by Gasteiger charge is -2.19. The number of nitrogens with zero attached hydrogens (tertiary/aromatic N) is 1. The first-order valence-electron chi connectivity index (χ1n) is 7.28. The maximum absolute atomic E-state index is 12.0. The van der Waals surface area contributed by atoms with Crippen LogP contribution in [0.25, 0.3) is 0 Å². The average Bonchev–Trinajstić information content (AvgIpc) is 2.38. The summed E-state index contributed by atoms with van der Waals surface area (Å²) in [5.74, 6) is -0.376. The highest BCUT2D eigenvalue weighted by molar-refractivity contribution is 5.94. The molecule has 0 atom stereocenters. The Hall–Kier alpha value is -2.11. The minimum absolute atomic E-state index is 0.0824. The van der Waals surface area contributed by atoms with E-state index in [0.29, 0.717) is 5.75 Å². The topological polar surface area (TPSA) is 78.7 Å². The summed E-state index contributed by atoms with van der Waals surface area (Å²) in [4.78, 5) is 22.4. The zero-order valence-corrected chi connectivity index (χ0v) is 14.3. The SMILES string of the molecule is CC.CC(C)Oc1ccc(C(=O)OC(C)(C)C)c([N+](=O)[O-])c1. The quantitative estimate of drug-likeness (QED) is 0.469. The average molecular weight is 311 g/mol. The van der Waals surface area contributed by atoms with Crippen molar-refractivity contribution in [1.82, 2.24) is 0 Å². The van der Waals surface area contributed by atoms with Crippen molar-refractivity contribution in [2.24, 2.45) is 0 Å². The van der Waals surface area contributed by atoms with E-state index in [1.54, 1.807) is 20.8 Å². The van der Waals surface area contributed by atoms with Gasteiger partial charge in [-0.05, 0) is 46.8 Å². The first-order chi connectivity index (χ1) is 10.1. The van der Waals surface area contributed by atoms with Gasteiger partial charge in [0.05, 0.1) is 17.1 Å². The van der Waals surface area contributed by atoms with E-state index in [0.717, 1.165) is 0 Å². The molecule has 124 valence electrons. The van der Waals surface area contributed by atoms with Crippen molar-refractivity contribution in [3.8, 4) is 5.75 Å². The summed E-state index contributed by atoms with van der Waals surface area (Å²) in [7, 11) is 0. The van der Waals surface area contributed by atoms with Gasteiger partial charge in [-0.15, -0.1) is 0 Å². The van der Waals surface area contributed by atoms with Crippen LogP contribution in [0.4, 0.5) is 5.69 Å². The number of esters is 1. The summed E-state index contributed by atoms with van der Waals surface area (Å²) in [5, 5.41) is 11.1.